The van der Waals surface area contributed by atoms with E-state index in [4.69, 9.17) is 0 Å². The number of piperazine rings is 1. The number of carbonyl (C=O) groups is 1. The molecule has 1 aliphatic heterocycles. The van der Waals surface area contributed by atoms with Crippen LogP contribution in [0.4, 0.5) is 5.82 Å². The predicted molar refractivity (Wildman–Crippen MR) is 80.0 cm³/mol. The van der Waals surface area contributed by atoms with Gasteiger partial charge in [0.1, 0.15) is 16.8 Å². The molecule has 1 aromatic heterocycles. The molecule has 2 heterocycles. The van der Waals surface area contributed by atoms with Crippen molar-refractivity contribution >= 4 is 21.6 Å². The summed E-state index contributed by atoms with van der Waals surface area (Å²) < 4.78 is 23.8. The maximum Gasteiger partial charge on any atom is 0.244 e. The zero-order valence-electron chi connectivity index (χ0n) is 12.2. The van der Waals surface area contributed by atoms with Crippen LogP contribution in [0.25, 0.3) is 0 Å². The Balaban J connectivity index is 2.41. The summed E-state index contributed by atoms with van der Waals surface area (Å²) in [7, 11) is -3.40. The summed E-state index contributed by atoms with van der Waals surface area (Å²) in [5.41, 5.74) is 0. The van der Waals surface area contributed by atoms with Crippen molar-refractivity contribution in [2.45, 2.75) is 17.9 Å². The van der Waals surface area contributed by atoms with Crippen LogP contribution in [0.1, 0.15) is 6.92 Å². The van der Waals surface area contributed by atoms with Gasteiger partial charge in [0.15, 0.2) is 9.84 Å². The molecule has 1 aromatic rings. The van der Waals surface area contributed by atoms with Gasteiger partial charge in [0.05, 0.1) is 0 Å². The number of amides is 1. The smallest absolute Gasteiger partial charge is 0.244 e. The first kappa shape index (κ1) is 15.7. The lowest BCUT2D eigenvalue weighted by atomic mass is 10.1. The lowest BCUT2D eigenvalue weighted by molar-refractivity contribution is -0.122. The fraction of sp³-hybridized carbons (Fsp3) is 0.538. The van der Waals surface area contributed by atoms with E-state index in [9.17, 15) is 13.2 Å². The Morgan fingerprint density at radius 3 is 3.00 bits per heavy atom. The van der Waals surface area contributed by atoms with Gasteiger partial charge in [-0.3, -0.25) is 4.79 Å². The number of pyridine rings is 1. The van der Waals surface area contributed by atoms with E-state index in [1.165, 1.54) is 6.07 Å². The second-order valence-corrected chi connectivity index (χ2v) is 6.89. The van der Waals surface area contributed by atoms with Crippen LogP contribution in [0.3, 0.4) is 0 Å². The van der Waals surface area contributed by atoms with E-state index in [0.29, 0.717) is 32.0 Å². The summed E-state index contributed by atoms with van der Waals surface area (Å²) in [5.74, 6) is 0.215. The average Bonchev–Trinajstić information content (AvgIpc) is 2.46. The number of sulfone groups is 1. The summed E-state index contributed by atoms with van der Waals surface area (Å²) in [6, 6.07) is 2.65. The third-order valence-corrected chi connectivity index (χ3v) is 4.44. The second-order valence-electron chi connectivity index (χ2n) is 4.91. The van der Waals surface area contributed by atoms with Crippen molar-refractivity contribution < 1.29 is 13.2 Å². The van der Waals surface area contributed by atoms with Crippen LogP contribution in [0.2, 0.25) is 0 Å². The molecule has 0 bridgehead atoms. The third-order valence-electron chi connectivity index (χ3n) is 3.32. The molecule has 1 aliphatic rings. The standard InChI is InChI=1S/C13H20N4O3S/c1-3-15-13(18)10-9-14-7-8-17(10)12-11(21(2,19)20)5-4-6-16-12/h4-6,10,14H,3,7-9H2,1-2H3,(H,15,18). The zero-order valence-corrected chi connectivity index (χ0v) is 13.0. The highest BCUT2D eigenvalue weighted by Crippen LogP contribution is 2.24. The Hall–Kier alpha value is -1.67. The van der Waals surface area contributed by atoms with E-state index in [1.54, 1.807) is 17.2 Å². The van der Waals surface area contributed by atoms with Crippen LogP contribution in [0.5, 0.6) is 0 Å². The molecular weight excluding hydrogens is 292 g/mol. The Bertz CT molecular complexity index is 618. The molecule has 0 saturated carbocycles. The molecule has 1 saturated heterocycles. The summed E-state index contributed by atoms with van der Waals surface area (Å²) in [6.07, 6.45) is 2.69. The minimum absolute atomic E-state index is 0.130. The van der Waals surface area contributed by atoms with Gasteiger partial charge in [0.25, 0.3) is 0 Å². The molecule has 2 N–H and O–H groups in total. The lowest BCUT2D eigenvalue weighted by Gasteiger charge is -2.36. The molecule has 2 rings (SSSR count). The molecular formula is C13H20N4O3S. The van der Waals surface area contributed by atoms with Gasteiger partial charge in [0.2, 0.25) is 5.91 Å². The van der Waals surface area contributed by atoms with Crippen molar-refractivity contribution in [3.63, 3.8) is 0 Å². The molecule has 0 aliphatic carbocycles. The highest BCUT2D eigenvalue weighted by Gasteiger charge is 2.32. The van der Waals surface area contributed by atoms with Gasteiger partial charge in [-0.25, -0.2) is 13.4 Å². The van der Waals surface area contributed by atoms with Gasteiger partial charge < -0.3 is 15.5 Å². The van der Waals surface area contributed by atoms with E-state index in [0.717, 1.165) is 6.26 Å². The van der Waals surface area contributed by atoms with E-state index >= 15 is 0 Å². The Labute approximate surface area is 124 Å². The maximum absolute atomic E-state index is 12.2. The van der Waals surface area contributed by atoms with E-state index in [1.807, 2.05) is 6.92 Å². The van der Waals surface area contributed by atoms with Gasteiger partial charge >= 0.3 is 0 Å². The summed E-state index contributed by atoms with van der Waals surface area (Å²) in [6.45, 7) is 4.05. The Morgan fingerprint density at radius 1 is 1.57 bits per heavy atom. The number of rotatable bonds is 4. The van der Waals surface area contributed by atoms with Crippen molar-refractivity contribution in [3.8, 4) is 0 Å². The molecule has 1 fully saturated rings. The normalized spacial score (nSPS) is 19.3. The lowest BCUT2D eigenvalue weighted by Crippen LogP contribution is -2.58. The number of aromatic nitrogens is 1. The van der Waals surface area contributed by atoms with Crippen molar-refractivity contribution in [2.75, 3.05) is 37.3 Å². The molecule has 0 spiro atoms. The Morgan fingerprint density at radius 2 is 2.33 bits per heavy atom. The van der Waals surface area contributed by atoms with Crippen LogP contribution in [-0.2, 0) is 14.6 Å². The molecule has 21 heavy (non-hydrogen) atoms. The van der Waals surface area contributed by atoms with Crippen molar-refractivity contribution in [1.29, 1.82) is 0 Å². The second kappa shape index (κ2) is 6.40. The fourth-order valence-electron chi connectivity index (χ4n) is 2.37. The topological polar surface area (TPSA) is 91.4 Å². The highest BCUT2D eigenvalue weighted by atomic mass is 32.2. The maximum atomic E-state index is 12.2. The van der Waals surface area contributed by atoms with Crippen LogP contribution in [-0.4, -0.2) is 57.8 Å². The van der Waals surface area contributed by atoms with Crippen molar-refractivity contribution in [2.24, 2.45) is 0 Å². The van der Waals surface area contributed by atoms with Crippen LogP contribution >= 0.6 is 0 Å². The summed E-state index contributed by atoms with van der Waals surface area (Å²) >= 11 is 0. The molecule has 1 amide bonds. The fourth-order valence-corrected chi connectivity index (χ4v) is 3.20. The Kier molecular flexibility index (Phi) is 4.79. The summed E-state index contributed by atoms with van der Waals surface area (Å²) in [5, 5.41) is 5.93. The van der Waals surface area contributed by atoms with E-state index in [2.05, 4.69) is 15.6 Å². The number of nitrogens with zero attached hydrogens (tertiary/aromatic N) is 2. The average molecular weight is 312 g/mol. The van der Waals surface area contributed by atoms with Crippen LogP contribution in [0, 0.1) is 0 Å². The number of hydrogen-bond acceptors (Lipinski definition) is 6. The third kappa shape index (κ3) is 3.51. The number of hydrogen-bond donors (Lipinski definition) is 2. The first-order valence-corrected chi connectivity index (χ1v) is 8.74. The molecule has 1 atom stereocenters. The molecule has 116 valence electrons. The van der Waals surface area contributed by atoms with Gasteiger partial charge in [-0.15, -0.1) is 0 Å². The van der Waals surface area contributed by atoms with Crippen LogP contribution < -0.4 is 15.5 Å². The minimum atomic E-state index is -3.40. The number of carbonyl (C=O) groups excluding carboxylic acids is 1. The molecule has 8 heteroatoms. The van der Waals surface area contributed by atoms with Gasteiger partial charge in [-0.1, -0.05) is 0 Å². The van der Waals surface area contributed by atoms with Gasteiger partial charge in [-0.05, 0) is 19.1 Å². The predicted octanol–water partition coefficient (Wildman–Crippen LogP) is -0.601. The highest BCUT2D eigenvalue weighted by molar-refractivity contribution is 7.90. The zero-order chi connectivity index (χ0) is 15.5. The monoisotopic (exact) mass is 312 g/mol. The largest absolute Gasteiger partial charge is 0.355 e. The molecule has 0 aromatic carbocycles. The number of nitrogens with one attached hydrogen (secondary N) is 2. The quantitative estimate of drug-likeness (QED) is 0.771. The van der Waals surface area contributed by atoms with E-state index in [-0.39, 0.29) is 10.8 Å². The summed E-state index contributed by atoms with van der Waals surface area (Å²) in [4.78, 5) is 18.3. The molecule has 1 unspecified atom stereocenters. The first-order valence-electron chi connectivity index (χ1n) is 6.85. The molecule has 7 nitrogen and oxygen atoms in total. The number of anilines is 1. The minimum Gasteiger partial charge on any atom is -0.355 e. The van der Waals surface area contributed by atoms with Gasteiger partial charge in [0, 0.05) is 38.6 Å². The van der Waals surface area contributed by atoms with Crippen molar-refractivity contribution in [3.05, 3.63) is 18.3 Å². The van der Waals surface area contributed by atoms with Gasteiger partial charge in [-0.2, -0.15) is 0 Å². The van der Waals surface area contributed by atoms with Crippen molar-refractivity contribution in [1.82, 2.24) is 15.6 Å². The van der Waals surface area contributed by atoms with E-state index < -0.39 is 15.9 Å². The van der Waals surface area contributed by atoms with Crippen LogP contribution in [0.15, 0.2) is 23.2 Å². The molecule has 0 radical (unpaired) electrons. The first-order chi connectivity index (χ1) is 9.95. The SMILES string of the molecule is CCNC(=O)C1CNCCN1c1ncccc1S(C)(=O)=O. The number of likely N-dealkylation sites (N-methyl/N-ethyl adjacent to an activating group) is 1.